The highest BCUT2D eigenvalue weighted by Crippen LogP contribution is 2.46. The van der Waals surface area contributed by atoms with E-state index in [2.05, 4.69) is 0 Å². The number of fused-ring (bicyclic) bond motifs is 2. The van der Waals surface area contributed by atoms with Crippen molar-refractivity contribution in [1.82, 2.24) is 4.98 Å². The van der Waals surface area contributed by atoms with Crippen LogP contribution in [0.4, 0.5) is 5.13 Å². The van der Waals surface area contributed by atoms with E-state index in [9.17, 15) is 14.7 Å². The molecule has 3 aromatic carbocycles. The second kappa shape index (κ2) is 9.41. The zero-order valence-corrected chi connectivity index (χ0v) is 23.2. The molecule has 0 radical (unpaired) electrons. The number of Topliss-reactive ketones (excluding diaryl/α,β-unsaturated/α-hetero) is 1. The number of nitrogens with zero attached hydrogens (tertiary/aromatic N) is 2. The average Bonchev–Trinajstić information content (AvgIpc) is 3.60. The van der Waals surface area contributed by atoms with Crippen LogP contribution in [0.15, 0.2) is 70.3 Å². The number of amides is 1. The number of ether oxygens (including phenoxy) is 1. The zero-order chi connectivity index (χ0) is 27.6. The highest BCUT2D eigenvalue weighted by molar-refractivity contribution is 7.22. The van der Waals surface area contributed by atoms with Gasteiger partial charge in [-0.3, -0.25) is 14.5 Å². The van der Waals surface area contributed by atoms with Gasteiger partial charge in [-0.1, -0.05) is 58.8 Å². The van der Waals surface area contributed by atoms with Gasteiger partial charge in [0.05, 0.1) is 39.0 Å². The molecule has 7 nitrogen and oxygen atoms in total. The van der Waals surface area contributed by atoms with Crippen molar-refractivity contribution in [3.63, 3.8) is 0 Å². The summed E-state index contributed by atoms with van der Waals surface area (Å²) < 4.78 is 12.1. The fourth-order valence-corrected chi connectivity index (χ4v) is 6.41. The van der Waals surface area contributed by atoms with Crippen molar-refractivity contribution in [2.45, 2.75) is 19.9 Å². The van der Waals surface area contributed by atoms with E-state index >= 15 is 0 Å². The van der Waals surface area contributed by atoms with E-state index in [0.717, 1.165) is 21.3 Å². The second-order valence-electron chi connectivity index (χ2n) is 9.26. The minimum Gasteiger partial charge on any atom is -0.503 e. The Morgan fingerprint density at radius 1 is 1.10 bits per heavy atom. The van der Waals surface area contributed by atoms with Crippen molar-refractivity contribution in [2.75, 3.05) is 12.0 Å². The summed E-state index contributed by atoms with van der Waals surface area (Å²) in [5.74, 6) is -1.68. The maximum Gasteiger partial charge on any atom is 0.296 e. The van der Waals surface area contributed by atoms with E-state index in [1.807, 2.05) is 26.0 Å². The molecule has 0 saturated heterocycles. The molecule has 0 spiro atoms. The molecular weight excluding hydrogens is 559 g/mol. The number of ketones is 1. The van der Waals surface area contributed by atoms with Gasteiger partial charge in [-0.15, -0.1) is 0 Å². The van der Waals surface area contributed by atoms with Gasteiger partial charge in [0.1, 0.15) is 0 Å². The molecule has 3 heterocycles. The van der Waals surface area contributed by atoms with Crippen molar-refractivity contribution >= 4 is 72.5 Å². The molecule has 1 aliphatic rings. The van der Waals surface area contributed by atoms with Crippen LogP contribution in [0.2, 0.25) is 10.0 Å². The van der Waals surface area contributed by atoms with E-state index in [-0.39, 0.29) is 16.4 Å². The Morgan fingerprint density at radius 2 is 1.90 bits per heavy atom. The molecule has 0 bridgehead atoms. The van der Waals surface area contributed by atoms with Crippen molar-refractivity contribution in [3.8, 4) is 5.75 Å². The molecule has 6 rings (SSSR count). The summed E-state index contributed by atoms with van der Waals surface area (Å²) in [5.41, 5.74) is 3.46. The topological polar surface area (TPSA) is 92.9 Å². The SMILES string of the molecule is COc1cccc2cc(C(=O)C3=C(O)C(=O)N(c4nc5c(C)cc(C)cc5s4)C3c3ccc(Cl)c(Cl)c3)oc12. The molecule has 39 heavy (non-hydrogen) atoms. The number of carbonyl (C=O) groups is 2. The molecule has 1 aliphatic heterocycles. The van der Waals surface area contributed by atoms with E-state index in [0.29, 0.717) is 32.4 Å². The highest BCUT2D eigenvalue weighted by Gasteiger charge is 2.46. The maximum absolute atomic E-state index is 13.9. The number of rotatable bonds is 5. The first-order chi connectivity index (χ1) is 18.7. The molecule has 1 unspecified atom stereocenters. The lowest BCUT2D eigenvalue weighted by Gasteiger charge is -2.24. The Balaban J connectivity index is 1.53. The molecule has 10 heteroatoms. The molecule has 0 saturated carbocycles. The molecular formula is C29H20Cl2N2O5S. The zero-order valence-electron chi connectivity index (χ0n) is 20.9. The number of carbonyl (C=O) groups excluding carboxylic acids is 2. The number of benzene rings is 3. The number of furan rings is 1. The summed E-state index contributed by atoms with van der Waals surface area (Å²) in [6.45, 7) is 3.93. The van der Waals surface area contributed by atoms with Gasteiger partial charge in [0, 0.05) is 5.39 Å². The van der Waals surface area contributed by atoms with Gasteiger partial charge >= 0.3 is 0 Å². The predicted octanol–water partition coefficient (Wildman–Crippen LogP) is 7.76. The van der Waals surface area contributed by atoms with Gasteiger partial charge in [0.2, 0.25) is 5.78 Å². The molecule has 1 atom stereocenters. The van der Waals surface area contributed by atoms with Gasteiger partial charge in [0.15, 0.2) is 28.0 Å². The molecule has 0 fully saturated rings. The maximum atomic E-state index is 13.9. The molecule has 196 valence electrons. The summed E-state index contributed by atoms with van der Waals surface area (Å²) in [5, 5.41) is 12.7. The lowest BCUT2D eigenvalue weighted by molar-refractivity contribution is -0.117. The summed E-state index contributed by atoms with van der Waals surface area (Å²) in [7, 11) is 1.50. The minimum absolute atomic E-state index is 0.0495. The Kier molecular flexibility index (Phi) is 6.14. The van der Waals surface area contributed by atoms with Gasteiger partial charge in [-0.05, 0) is 60.9 Å². The van der Waals surface area contributed by atoms with Crippen LogP contribution in [0, 0.1) is 13.8 Å². The minimum atomic E-state index is -1.03. The third kappa shape index (κ3) is 4.07. The van der Waals surface area contributed by atoms with Crippen LogP contribution >= 0.6 is 34.5 Å². The molecule has 1 N–H and O–H groups in total. The summed E-state index contributed by atoms with van der Waals surface area (Å²) in [4.78, 5) is 33.6. The number of aromatic nitrogens is 1. The standard InChI is InChI=1S/C29H20Cl2N2O5S/c1-13-9-14(2)23-21(10-13)39-29(32-23)33-24(15-7-8-17(30)18(31)11-15)22(26(35)28(33)36)25(34)20-12-16-5-4-6-19(37-3)27(16)38-20/h4-12,24,35H,1-3H3. The average molecular weight is 579 g/mol. The fourth-order valence-electron chi connectivity index (χ4n) is 4.94. The van der Waals surface area contributed by atoms with E-state index in [1.54, 1.807) is 42.5 Å². The van der Waals surface area contributed by atoms with Crippen LogP contribution in [-0.2, 0) is 4.79 Å². The van der Waals surface area contributed by atoms with Crippen molar-refractivity contribution < 1.29 is 23.8 Å². The van der Waals surface area contributed by atoms with Gasteiger partial charge in [-0.2, -0.15) is 0 Å². The van der Waals surface area contributed by atoms with Crippen molar-refractivity contribution in [1.29, 1.82) is 0 Å². The second-order valence-corrected chi connectivity index (χ2v) is 11.1. The lowest BCUT2D eigenvalue weighted by atomic mass is 9.95. The van der Waals surface area contributed by atoms with Crippen LogP contribution in [0.25, 0.3) is 21.2 Å². The number of aryl methyl sites for hydroxylation is 2. The summed E-state index contributed by atoms with van der Waals surface area (Å²) in [6, 6.07) is 14.6. The first-order valence-corrected chi connectivity index (χ1v) is 13.5. The largest absolute Gasteiger partial charge is 0.503 e. The molecule has 0 aliphatic carbocycles. The lowest BCUT2D eigenvalue weighted by Crippen LogP contribution is -2.31. The van der Waals surface area contributed by atoms with Crippen LogP contribution in [0.5, 0.6) is 5.75 Å². The number of aliphatic hydroxyl groups excluding tert-OH is 1. The van der Waals surface area contributed by atoms with Crippen LogP contribution in [-0.4, -0.2) is 28.9 Å². The number of halogens is 2. The number of para-hydroxylation sites is 1. The summed E-state index contributed by atoms with van der Waals surface area (Å²) >= 11 is 13.8. The van der Waals surface area contributed by atoms with Crippen LogP contribution in [0.1, 0.15) is 33.3 Å². The van der Waals surface area contributed by atoms with Gasteiger partial charge < -0.3 is 14.3 Å². The van der Waals surface area contributed by atoms with Crippen molar-refractivity contribution in [3.05, 3.63) is 98.4 Å². The number of aliphatic hydroxyl groups is 1. The summed E-state index contributed by atoms with van der Waals surface area (Å²) in [6.07, 6.45) is 0. The third-order valence-corrected chi connectivity index (χ3v) is 8.43. The van der Waals surface area contributed by atoms with E-state index in [1.165, 1.54) is 23.3 Å². The molecule has 2 aromatic heterocycles. The number of hydrogen-bond acceptors (Lipinski definition) is 7. The smallest absolute Gasteiger partial charge is 0.296 e. The number of anilines is 1. The monoisotopic (exact) mass is 578 g/mol. The van der Waals surface area contributed by atoms with Crippen molar-refractivity contribution in [2.24, 2.45) is 0 Å². The quantitative estimate of drug-likeness (QED) is 0.214. The highest BCUT2D eigenvalue weighted by atomic mass is 35.5. The molecule has 5 aromatic rings. The Hall–Kier alpha value is -3.85. The van der Waals surface area contributed by atoms with E-state index in [4.69, 9.17) is 37.3 Å². The Bertz CT molecular complexity index is 1870. The third-order valence-electron chi connectivity index (χ3n) is 6.69. The Morgan fingerprint density at radius 3 is 2.64 bits per heavy atom. The van der Waals surface area contributed by atoms with Crippen LogP contribution in [0.3, 0.4) is 0 Å². The van der Waals surface area contributed by atoms with Gasteiger partial charge in [0.25, 0.3) is 5.91 Å². The predicted molar refractivity (Wildman–Crippen MR) is 153 cm³/mol. The van der Waals surface area contributed by atoms with Gasteiger partial charge in [-0.25, -0.2) is 4.98 Å². The number of hydrogen-bond donors (Lipinski definition) is 1. The first-order valence-electron chi connectivity index (χ1n) is 11.9. The first kappa shape index (κ1) is 25.4. The number of methoxy groups -OCH3 is 1. The fraction of sp³-hybridized carbons (Fsp3) is 0.138. The molecule has 1 amide bonds. The number of thiazole rings is 1. The van der Waals surface area contributed by atoms with E-state index < -0.39 is 23.5 Å². The Labute approximate surface area is 236 Å². The normalized spacial score (nSPS) is 15.7. The van der Waals surface area contributed by atoms with Crippen LogP contribution < -0.4 is 9.64 Å².